The zero-order chi connectivity index (χ0) is 10.8. The number of ether oxygens (including phenoxy) is 2. The number of benzene rings is 1. The van der Waals surface area contributed by atoms with Gasteiger partial charge in [0.05, 0.1) is 20.3 Å². The van der Waals surface area contributed by atoms with Crippen molar-refractivity contribution in [3.05, 3.63) is 23.3 Å². The van der Waals surface area contributed by atoms with Crippen LogP contribution in [0.3, 0.4) is 0 Å². The Hall–Kier alpha value is -1.26. The summed E-state index contributed by atoms with van der Waals surface area (Å²) in [5.41, 5.74) is 1.90. The Bertz CT molecular complexity index is 365. The normalized spacial score (nSPS) is 19.5. The number of nitrogens with one attached hydrogen (secondary N) is 1. The van der Waals surface area contributed by atoms with Crippen molar-refractivity contribution < 1.29 is 14.6 Å². The van der Waals surface area contributed by atoms with Crippen LogP contribution < -0.4 is 14.8 Å². The van der Waals surface area contributed by atoms with Crippen molar-refractivity contribution >= 4 is 0 Å². The Morgan fingerprint density at radius 3 is 2.80 bits per heavy atom. The van der Waals surface area contributed by atoms with Crippen LogP contribution >= 0.6 is 0 Å². The Morgan fingerprint density at radius 1 is 1.33 bits per heavy atom. The largest absolute Gasteiger partial charge is 0.493 e. The molecule has 1 heterocycles. The van der Waals surface area contributed by atoms with Gasteiger partial charge in [0.15, 0.2) is 11.5 Å². The second kappa shape index (κ2) is 4.08. The van der Waals surface area contributed by atoms with Crippen LogP contribution in [0.5, 0.6) is 11.5 Å². The van der Waals surface area contributed by atoms with Crippen LogP contribution in [0.4, 0.5) is 0 Å². The zero-order valence-electron chi connectivity index (χ0n) is 8.91. The SMILES string of the molecule is COc1ccc2c(c1OC)CNCC2O. The monoisotopic (exact) mass is 209 g/mol. The smallest absolute Gasteiger partial charge is 0.165 e. The Morgan fingerprint density at radius 2 is 2.13 bits per heavy atom. The summed E-state index contributed by atoms with van der Waals surface area (Å²) in [4.78, 5) is 0. The van der Waals surface area contributed by atoms with E-state index in [1.54, 1.807) is 14.2 Å². The fourth-order valence-electron chi connectivity index (χ4n) is 1.94. The first kappa shape index (κ1) is 10.3. The number of fused-ring (bicyclic) bond motifs is 1. The maximum absolute atomic E-state index is 9.79. The molecule has 0 amide bonds. The average molecular weight is 209 g/mol. The molecule has 0 saturated heterocycles. The number of hydrogen-bond acceptors (Lipinski definition) is 4. The summed E-state index contributed by atoms with van der Waals surface area (Å²) in [5.74, 6) is 1.41. The standard InChI is InChI=1S/C11H15NO3/c1-14-10-4-3-7-8(11(10)15-2)5-12-6-9(7)13/h3-4,9,12-13H,5-6H2,1-2H3. The summed E-state index contributed by atoms with van der Waals surface area (Å²) in [6, 6.07) is 3.72. The van der Waals surface area contributed by atoms with E-state index in [2.05, 4.69) is 5.32 Å². The molecule has 2 rings (SSSR count). The Kier molecular flexibility index (Phi) is 2.79. The van der Waals surface area contributed by atoms with E-state index in [1.807, 2.05) is 12.1 Å². The van der Waals surface area contributed by atoms with E-state index in [4.69, 9.17) is 9.47 Å². The van der Waals surface area contributed by atoms with Crippen LogP contribution in [0.15, 0.2) is 12.1 Å². The lowest BCUT2D eigenvalue weighted by atomic mass is 9.97. The highest BCUT2D eigenvalue weighted by atomic mass is 16.5. The van der Waals surface area contributed by atoms with Crippen molar-refractivity contribution in [3.8, 4) is 11.5 Å². The van der Waals surface area contributed by atoms with Crippen LogP contribution in [0.25, 0.3) is 0 Å². The molecule has 1 aliphatic rings. The molecule has 4 nitrogen and oxygen atoms in total. The van der Waals surface area contributed by atoms with Gasteiger partial charge in [-0.15, -0.1) is 0 Å². The van der Waals surface area contributed by atoms with E-state index in [0.717, 1.165) is 11.1 Å². The second-order valence-electron chi connectivity index (χ2n) is 3.52. The summed E-state index contributed by atoms with van der Waals surface area (Å²) >= 11 is 0. The highest BCUT2D eigenvalue weighted by molar-refractivity contribution is 5.52. The van der Waals surface area contributed by atoms with Gasteiger partial charge in [0.25, 0.3) is 0 Å². The van der Waals surface area contributed by atoms with Crippen molar-refractivity contribution in [2.45, 2.75) is 12.6 Å². The minimum Gasteiger partial charge on any atom is -0.493 e. The summed E-state index contributed by atoms with van der Waals surface area (Å²) < 4.78 is 10.5. The van der Waals surface area contributed by atoms with E-state index in [-0.39, 0.29) is 0 Å². The molecule has 15 heavy (non-hydrogen) atoms. The molecule has 1 atom stereocenters. The molecule has 0 fully saturated rings. The number of β-amino-alcohol motifs (C(OH)–C–C–N with tert-alkyl or cyclic N) is 1. The molecular weight excluding hydrogens is 194 g/mol. The number of aliphatic hydroxyl groups excluding tert-OH is 1. The van der Waals surface area contributed by atoms with E-state index < -0.39 is 6.10 Å². The second-order valence-corrected chi connectivity index (χ2v) is 3.52. The van der Waals surface area contributed by atoms with E-state index in [1.165, 1.54) is 0 Å². The molecular formula is C11H15NO3. The Balaban J connectivity index is 2.53. The third-order valence-corrected chi connectivity index (χ3v) is 2.68. The van der Waals surface area contributed by atoms with Crippen molar-refractivity contribution in [3.63, 3.8) is 0 Å². The van der Waals surface area contributed by atoms with Gasteiger partial charge in [-0.3, -0.25) is 0 Å². The van der Waals surface area contributed by atoms with Crippen LogP contribution in [0.2, 0.25) is 0 Å². The van der Waals surface area contributed by atoms with E-state index >= 15 is 0 Å². The first-order valence-corrected chi connectivity index (χ1v) is 4.90. The van der Waals surface area contributed by atoms with Gasteiger partial charge in [-0.1, -0.05) is 6.07 Å². The highest BCUT2D eigenvalue weighted by Crippen LogP contribution is 2.37. The lowest BCUT2D eigenvalue weighted by Crippen LogP contribution is -2.28. The molecule has 0 radical (unpaired) electrons. The van der Waals surface area contributed by atoms with Crippen molar-refractivity contribution in [2.24, 2.45) is 0 Å². The van der Waals surface area contributed by atoms with Crippen molar-refractivity contribution in [1.29, 1.82) is 0 Å². The highest BCUT2D eigenvalue weighted by Gasteiger charge is 2.22. The molecule has 0 bridgehead atoms. The fourth-order valence-corrected chi connectivity index (χ4v) is 1.94. The van der Waals surface area contributed by atoms with Gasteiger partial charge in [0.2, 0.25) is 0 Å². The molecule has 82 valence electrons. The minimum atomic E-state index is -0.464. The predicted octanol–water partition coefficient (Wildman–Crippen LogP) is 0.840. The fraction of sp³-hybridized carbons (Fsp3) is 0.455. The summed E-state index contributed by atoms with van der Waals surface area (Å²) in [5, 5.41) is 12.9. The molecule has 0 aliphatic carbocycles. The summed E-state index contributed by atoms with van der Waals surface area (Å²) in [6.45, 7) is 1.29. The van der Waals surface area contributed by atoms with Gasteiger partial charge in [-0.2, -0.15) is 0 Å². The molecule has 1 aliphatic heterocycles. The van der Waals surface area contributed by atoms with Gasteiger partial charge in [-0.25, -0.2) is 0 Å². The van der Waals surface area contributed by atoms with Crippen molar-refractivity contribution in [2.75, 3.05) is 20.8 Å². The first-order valence-electron chi connectivity index (χ1n) is 4.90. The summed E-state index contributed by atoms with van der Waals surface area (Å²) in [7, 11) is 3.22. The third-order valence-electron chi connectivity index (χ3n) is 2.68. The van der Waals surface area contributed by atoms with Gasteiger partial charge in [-0.05, 0) is 11.6 Å². The van der Waals surface area contributed by atoms with Crippen molar-refractivity contribution in [1.82, 2.24) is 5.32 Å². The minimum absolute atomic E-state index is 0.464. The average Bonchev–Trinajstić information content (AvgIpc) is 2.28. The molecule has 1 aromatic carbocycles. The third kappa shape index (κ3) is 1.66. The van der Waals surface area contributed by atoms with Crippen LogP contribution in [-0.4, -0.2) is 25.9 Å². The van der Waals surface area contributed by atoms with Crippen LogP contribution in [0, 0.1) is 0 Å². The first-order chi connectivity index (χ1) is 7.27. The zero-order valence-corrected chi connectivity index (χ0v) is 8.91. The van der Waals surface area contributed by atoms with Gasteiger partial charge in [0.1, 0.15) is 0 Å². The topological polar surface area (TPSA) is 50.7 Å². The molecule has 0 saturated carbocycles. The lowest BCUT2D eigenvalue weighted by Gasteiger charge is -2.25. The number of methoxy groups -OCH3 is 2. The number of rotatable bonds is 2. The molecule has 4 heteroatoms. The van der Waals surface area contributed by atoms with Gasteiger partial charge < -0.3 is 19.9 Å². The number of hydrogen-bond donors (Lipinski definition) is 2. The van der Waals surface area contributed by atoms with Crippen LogP contribution in [0.1, 0.15) is 17.2 Å². The lowest BCUT2D eigenvalue weighted by molar-refractivity contribution is 0.163. The van der Waals surface area contributed by atoms with Gasteiger partial charge >= 0.3 is 0 Å². The molecule has 2 N–H and O–H groups in total. The Labute approximate surface area is 88.8 Å². The molecule has 1 unspecified atom stereocenters. The van der Waals surface area contributed by atoms with E-state index in [0.29, 0.717) is 24.6 Å². The van der Waals surface area contributed by atoms with Crippen LogP contribution in [-0.2, 0) is 6.54 Å². The summed E-state index contributed by atoms with van der Waals surface area (Å²) in [6.07, 6.45) is -0.464. The molecule has 0 spiro atoms. The number of aliphatic hydroxyl groups is 1. The molecule has 0 aromatic heterocycles. The van der Waals surface area contributed by atoms with Gasteiger partial charge in [0, 0.05) is 18.7 Å². The maximum atomic E-state index is 9.79. The quantitative estimate of drug-likeness (QED) is 0.758. The predicted molar refractivity (Wildman–Crippen MR) is 56.2 cm³/mol. The maximum Gasteiger partial charge on any atom is 0.165 e. The van der Waals surface area contributed by atoms with E-state index in [9.17, 15) is 5.11 Å². The molecule has 1 aromatic rings.